The van der Waals surface area contributed by atoms with Crippen molar-refractivity contribution < 1.29 is 14.7 Å². The summed E-state index contributed by atoms with van der Waals surface area (Å²) in [5.41, 5.74) is 6.68. The zero-order chi connectivity index (χ0) is 14.5. The van der Waals surface area contributed by atoms with Crippen LogP contribution in [0.5, 0.6) is 0 Å². The van der Waals surface area contributed by atoms with Crippen LogP contribution in [0.1, 0.15) is 22.0 Å². The van der Waals surface area contributed by atoms with Crippen molar-refractivity contribution in [2.24, 2.45) is 5.73 Å². The van der Waals surface area contributed by atoms with E-state index in [0.717, 1.165) is 0 Å². The van der Waals surface area contributed by atoms with Crippen molar-refractivity contribution in [3.05, 3.63) is 65.7 Å². The summed E-state index contributed by atoms with van der Waals surface area (Å²) in [5, 5.41) is 12.2. The summed E-state index contributed by atoms with van der Waals surface area (Å²) < 4.78 is 0. The molecule has 2 rings (SSSR count). The van der Waals surface area contributed by atoms with Crippen LogP contribution in [-0.4, -0.2) is 17.0 Å². The van der Waals surface area contributed by atoms with Crippen LogP contribution in [0, 0.1) is 0 Å². The van der Waals surface area contributed by atoms with Crippen molar-refractivity contribution in [2.75, 3.05) is 5.32 Å². The Hall–Kier alpha value is -2.82. The Bertz CT molecular complexity index is 626. The molecule has 0 bridgehead atoms. The lowest BCUT2D eigenvalue weighted by Crippen LogP contribution is -2.20. The third-order valence-corrected chi connectivity index (χ3v) is 2.84. The van der Waals surface area contributed by atoms with E-state index in [1.54, 1.807) is 42.5 Å². The monoisotopic (exact) mass is 270 g/mol. The van der Waals surface area contributed by atoms with Gasteiger partial charge in [0.2, 0.25) is 5.91 Å². The number of aliphatic carboxylic acids is 1. The highest BCUT2D eigenvalue weighted by molar-refractivity contribution is 5.93. The lowest BCUT2D eigenvalue weighted by Gasteiger charge is -2.16. The minimum Gasteiger partial charge on any atom is -0.479 e. The van der Waals surface area contributed by atoms with Crippen molar-refractivity contribution in [2.45, 2.75) is 6.04 Å². The van der Waals surface area contributed by atoms with Gasteiger partial charge in [0.25, 0.3) is 0 Å². The highest BCUT2D eigenvalue weighted by Gasteiger charge is 2.19. The molecule has 1 unspecified atom stereocenters. The van der Waals surface area contributed by atoms with Gasteiger partial charge in [0.05, 0.1) is 0 Å². The molecule has 0 saturated carbocycles. The van der Waals surface area contributed by atoms with E-state index in [1.807, 2.05) is 6.07 Å². The molecule has 102 valence electrons. The van der Waals surface area contributed by atoms with Crippen LogP contribution < -0.4 is 11.1 Å². The minimum atomic E-state index is -0.999. The molecule has 0 spiro atoms. The van der Waals surface area contributed by atoms with E-state index >= 15 is 0 Å². The Labute approximate surface area is 116 Å². The first-order valence-corrected chi connectivity index (χ1v) is 6.02. The van der Waals surface area contributed by atoms with Crippen LogP contribution in [0.25, 0.3) is 0 Å². The molecule has 0 heterocycles. The number of hydrogen-bond acceptors (Lipinski definition) is 3. The molecule has 5 heteroatoms. The standard InChI is InChI=1S/C15H14N2O3/c16-14(18)11-7-4-8-12(9-11)17-13(15(19)20)10-5-2-1-3-6-10/h1-9,13,17H,(H2,16,18)(H,19,20). The molecule has 0 radical (unpaired) electrons. The highest BCUT2D eigenvalue weighted by Crippen LogP contribution is 2.20. The maximum Gasteiger partial charge on any atom is 0.330 e. The summed E-state index contributed by atoms with van der Waals surface area (Å²) in [4.78, 5) is 22.5. The van der Waals surface area contributed by atoms with Crippen molar-refractivity contribution >= 4 is 17.6 Å². The van der Waals surface area contributed by atoms with Crippen molar-refractivity contribution in [3.63, 3.8) is 0 Å². The second kappa shape index (κ2) is 5.88. The SMILES string of the molecule is NC(=O)c1cccc(NC(C(=O)O)c2ccccc2)c1. The Kier molecular flexibility index (Phi) is 4.00. The van der Waals surface area contributed by atoms with Crippen LogP contribution in [-0.2, 0) is 4.79 Å². The van der Waals surface area contributed by atoms with E-state index in [9.17, 15) is 14.7 Å². The minimum absolute atomic E-state index is 0.326. The lowest BCUT2D eigenvalue weighted by molar-refractivity contribution is -0.138. The first kappa shape index (κ1) is 13.6. The number of anilines is 1. The number of primary amides is 1. The maximum atomic E-state index is 11.4. The number of nitrogens with two attached hydrogens (primary N) is 1. The highest BCUT2D eigenvalue weighted by atomic mass is 16.4. The number of amides is 1. The summed E-state index contributed by atoms with van der Waals surface area (Å²) >= 11 is 0. The predicted molar refractivity (Wildman–Crippen MR) is 75.4 cm³/mol. The molecule has 0 aliphatic carbocycles. The van der Waals surface area contributed by atoms with Crippen molar-refractivity contribution in [1.29, 1.82) is 0 Å². The number of carbonyl (C=O) groups excluding carboxylic acids is 1. The average Bonchev–Trinajstić information content (AvgIpc) is 2.45. The first-order valence-electron chi connectivity index (χ1n) is 6.02. The first-order chi connectivity index (χ1) is 9.58. The molecule has 1 atom stereocenters. The quantitative estimate of drug-likeness (QED) is 0.775. The summed E-state index contributed by atoms with van der Waals surface area (Å²) in [6, 6.07) is 14.4. The molecule has 2 aromatic carbocycles. The molecule has 1 amide bonds. The van der Waals surface area contributed by atoms with Gasteiger partial charge in [-0.15, -0.1) is 0 Å². The van der Waals surface area contributed by atoms with Crippen LogP contribution in [0.2, 0.25) is 0 Å². The number of carbonyl (C=O) groups is 2. The number of hydrogen-bond donors (Lipinski definition) is 3. The predicted octanol–water partition coefficient (Wildman–Crippen LogP) is 2.02. The molecule has 0 aromatic heterocycles. The Balaban J connectivity index is 2.27. The van der Waals surface area contributed by atoms with Gasteiger partial charge in [-0.1, -0.05) is 36.4 Å². The molecule has 0 aliphatic rings. The van der Waals surface area contributed by atoms with Gasteiger partial charge < -0.3 is 16.2 Å². The Morgan fingerprint density at radius 1 is 1.05 bits per heavy atom. The summed E-state index contributed by atoms with van der Waals surface area (Å²) in [6.07, 6.45) is 0. The third-order valence-electron chi connectivity index (χ3n) is 2.84. The average molecular weight is 270 g/mol. The van der Waals surface area contributed by atoms with E-state index in [1.165, 1.54) is 6.07 Å². The number of carboxylic acids is 1. The Morgan fingerprint density at radius 2 is 1.75 bits per heavy atom. The van der Waals surface area contributed by atoms with Gasteiger partial charge in [-0.25, -0.2) is 4.79 Å². The van der Waals surface area contributed by atoms with E-state index in [4.69, 9.17) is 5.73 Å². The fourth-order valence-corrected chi connectivity index (χ4v) is 1.86. The van der Waals surface area contributed by atoms with Gasteiger partial charge in [0, 0.05) is 11.3 Å². The number of benzene rings is 2. The third kappa shape index (κ3) is 3.14. The lowest BCUT2D eigenvalue weighted by atomic mass is 10.1. The molecule has 0 saturated heterocycles. The molecule has 2 aromatic rings. The number of carboxylic acid groups (broad SMARTS) is 1. The zero-order valence-corrected chi connectivity index (χ0v) is 10.6. The topological polar surface area (TPSA) is 92.4 Å². The maximum absolute atomic E-state index is 11.4. The van der Waals surface area contributed by atoms with Crippen molar-refractivity contribution in [1.82, 2.24) is 0 Å². The van der Waals surface area contributed by atoms with Gasteiger partial charge >= 0.3 is 5.97 Å². The largest absolute Gasteiger partial charge is 0.479 e. The van der Waals surface area contributed by atoms with Gasteiger partial charge in [0.15, 0.2) is 6.04 Å². The van der Waals surface area contributed by atoms with Crippen LogP contribution in [0.3, 0.4) is 0 Å². The van der Waals surface area contributed by atoms with Gasteiger partial charge in [-0.3, -0.25) is 4.79 Å². The molecule has 0 aliphatic heterocycles. The Morgan fingerprint density at radius 3 is 2.35 bits per heavy atom. The zero-order valence-electron chi connectivity index (χ0n) is 10.6. The molecular weight excluding hydrogens is 256 g/mol. The van der Waals surface area contributed by atoms with Crippen LogP contribution in [0.4, 0.5) is 5.69 Å². The number of nitrogens with one attached hydrogen (secondary N) is 1. The van der Waals surface area contributed by atoms with Gasteiger partial charge in [-0.05, 0) is 23.8 Å². The fourth-order valence-electron chi connectivity index (χ4n) is 1.86. The van der Waals surface area contributed by atoms with E-state index in [0.29, 0.717) is 16.8 Å². The van der Waals surface area contributed by atoms with Crippen LogP contribution in [0.15, 0.2) is 54.6 Å². The van der Waals surface area contributed by atoms with Gasteiger partial charge in [-0.2, -0.15) is 0 Å². The second-order valence-corrected chi connectivity index (χ2v) is 4.27. The molecular formula is C15H14N2O3. The summed E-state index contributed by atoms with van der Waals surface area (Å²) in [7, 11) is 0. The van der Waals surface area contributed by atoms with E-state index in [-0.39, 0.29) is 0 Å². The van der Waals surface area contributed by atoms with E-state index < -0.39 is 17.9 Å². The summed E-state index contributed by atoms with van der Waals surface area (Å²) in [5.74, 6) is -1.55. The smallest absolute Gasteiger partial charge is 0.330 e. The van der Waals surface area contributed by atoms with Crippen molar-refractivity contribution in [3.8, 4) is 0 Å². The second-order valence-electron chi connectivity index (χ2n) is 4.27. The molecule has 4 N–H and O–H groups in total. The van der Waals surface area contributed by atoms with E-state index in [2.05, 4.69) is 5.32 Å². The van der Waals surface area contributed by atoms with Gasteiger partial charge in [0.1, 0.15) is 0 Å². The fraction of sp³-hybridized carbons (Fsp3) is 0.0667. The number of rotatable bonds is 5. The normalized spacial score (nSPS) is 11.6. The molecule has 5 nitrogen and oxygen atoms in total. The summed E-state index contributed by atoms with van der Waals surface area (Å²) in [6.45, 7) is 0. The molecule has 20 heavy (non-hydrogen) atoms. The molecule has 0 fully saturated rings. The van der Waals surface area contributed by atoms with Crippen LogP contribution >= 0.6 is 0 Å².